The molecule has 10 heteroatoms. The Morgan fingerprint density at radius 2 is 1.81 bits per heavy atom. The van der Waals surface area contributed by atoms with Crippen molar-refractivity contribution in [2.75, 3.05) is 13.2 Å². The SMILES string of the molecule is CCOc1ccccc1C(CC(=O)O)NC(=O)c1cc(OCC(C)(O)C(C)C)n(-c2ccccc2F)n1. The van der Waals surface area contributed by atoms with E-state index in [2.05, 4.69) is 10.4 Å². The molecular formula is C27H32FN3O6. The maximum absolute atomic E-state index is 14.6. The van der Waals surface area contributed by atoms with Crippen LogP contribution in [0.2, 0.25) is 0 Å². The zero-order chi connectivity index (χ0) is 27.2. The summed E-state index contributed by atoms with van der Waals surface area (Å²) < 4.78 is 27.2. The number of nitrogens with zero attached hydrogens (tertiary/aromatic N) is 2. The topological polar surface area (TPSA) is 123 Å². The molecule has 1 amide bonds. The first-order chi connectivity index (χ1) is 17.5. The van der Waals surface area contributed by atoms with Crippen LogP contribution in [0.4, 0.5) is 4.39 Å². The molecule has 3 aromatic rings. The van der Waals surface area contributed by atoms with Gasteiger partial charge >= 0.3 is 5.97 Å². The van der Waals surface area contributed by atoms with Crippen LogP contribution in [0.25, 0.3) is 5.69 Å². The minimum absolute atomic E-state index is 0.0423. The number of carbonyl (C=O) groups excluding carboxylic acids is 1. The van der Waals surface area contributed by atoms with Crippen molar-refractivity contribution in [2.24, 2.45) is 5.92 Å². The van der Waals surface area contributed by atoms with E-state index in [1.54, 1.807) is 44.2 Å². The minimum Gasteiger partial charge on any atom is -0.494 e. The number of ether oxygens (including phenoxy) is 2. The third-order valence-electron chi connectivity index (χ3n) is 6.02. The highest BCUT2D eigenvalue weighted by atomic mass is 19.1. The summed E-state index contributed by atoms with van der Waals surface area (Å²) in [5.74, 6) is -2.04. The van der Waals surface area contributed by atoms with Crippen molar-refractivity contribution in [3.8, 4) is 17.3 Å². The largest absolute Gasteiger partial charge is 0.494 e. The third-order valence-corrected chi connectivity index (χ3v) is 6.02. The molecule has 2 unspecified atom stereocenters. The number of benzene rings is 2. The van der Waals surface area contributed by atoms with Crippen molar-refractivity contribution >= 4 is 11.9 Å². The molecule has 0 bridgehead atoms. The van der Waals surface area contributed by atoms with E-state index in [4.69, 9.17) is 9.47 Å². The van der Waals surface area contributed by atoms with Crippen molar-refractivity contribution in [1.29, 1.82) is 0 Å². The number of amides is 1. The van der Waals surface area contributed by atoms with Gasteiger partial charge in [-0.05, 0) is 38.0 Å². The summed E-state index contributed by atoms with van der Waals surface area (Å²) in [6.45, 7) is 7.31. The molecule has 37 heavy (non-hydrogen) atoms. The molecule has 0 aliphatic rings. The van der Waals surface area contributed by atoms with E-state index in [1.807, 2.05) is 13.8 Å². The number of para-hydroxylation sites is 2. The summed E-state index contributed by atoms with van der Waals surface area (Å²) in [6, 6.07) is 13.1. The number of carboxylic acids is 1. The van der Waals surface area contributed by atoms with Gasteiger partial charge in [0.05, 0.1) is 24.7 Å². The van der Waals surface area contributed by atoms with Crippen molar-refractivity contribution in [2.45, 2.75) is 45.8 Å². The highest BCUT2D eigenvalue weighted by molar-refractivity contribution is 5.93. The van der Waals surface area contributed by atoms with Crippen LogP contribution >= 0.6 is 0 Å². The van der Waals surface area contributed by atoms with Crippen LogP contribution in [0.3, 0.4) is 0 Å². The van der Waals surface area contributed by atoms with Crippen molar-refractivity contribution in [3.63, 3.8) is 0 Å². The fraction of sp³-hybridized carbons (Fsp3) is 0.370. The van der Waals surface area contributed by atoms with Gasteiger partial charge in [-0.1, -0.05) is 44.2 Å². The number of halogens is 1. The molecule has 1 aromatic heterocycles. The Bertz CT molecular complexity index is 1240. The molecular weight excluding hydrogens is 481 g/mol. The molecule has 3 rings (SSSR count). The van der Waals surface area contributed by atoms with Crippen molar-refractivity contribution in [3.05, 3.63) is 71.7 Å². The van der Waals surface area contributed by atoms with E-state index in [0.717, 1.165) is 4.68 Å². The van der Waals surface area contributed by atoms with E-state index in [-0.39, 0.29) is 29.8 Å². The highest BCUT2D eigenvalue weighted by Crippen LogP contribution is 2.29. The standard InChI is InChI=1S/C27H32FN3O6/c1-5-36-23-13-9-6-10-18(23)20(15-25(32)33)29-26(34)21-14-24(37-16-27(4,35)17(2)3)31(30-21)22-12-8-7-11-19(22)28/h6-14,17,20,35H,5,15-16H2,1-4H3,(H,29,34)(H,32,33). The number of rotatable bonds is 12. The first-order valence-electron chi connectivity index (χ1n) is 12.0. The van der Waals surface area contributed by atoms with Crippen molar-refractivity contribution in [1.82, 2.24) is 15.1 Å². The maximum atomic E-state index is 14.6. The number of hydrogen-bond donors (Lipinski definition) is 3. The van der Waals surface area contributed by atoms with Crippen LogP contribution in [-0.2, 0) is 4.79 Å². The van der Waals surface area contributed by atoms with Gasteiger partial charge in [0.15, 0.2) is 5.69 Å². The van der Waals surface area contributed by atoms with Gasteiger partial charge in [0, 0.05) is 11.6 Å². The van der Waals surface area contributed by atoms with Gasteiger partial charge in [-0.2, -0.15) is 9.78 Å². The molecule has 2 atom stereocenters. The van der Waals surface area contributed by atoms with Crippen LogP contribution < -0.4 is 14.8 Å². The van der Waals surface area contributed by atoms with Gasteiger partial charge in [0.1, 0.15) is 23.9 Å². The third kappa shape index (κ3) is 6.85. The molecule has 9 nitrogen and oxygen atoms in total. The average molecular weight is 514 g/mol. The van der Waals surface area contributed by atoms with Crippen molar-refractivity contribution < 1.29 is 33.7 Å². The number of aromatic nitrogens is 2. The molecule has 1 heterocycles. The smallest absolute Gasteiger partial charge is 0.305 e. The van der Waals surface area contributed by atoms with Crippen LogP contribution in [-0.4, -0.2) is 50.7 Å². The highest BCUT2D eigenvalue weighted by Gasteiger charge is 2.29. The molecule has 0 spiro atoms. The Hall–Kier alpha value is -3.92. The number of hydrogen-bond acceptors (Lipinski definition) is 6. The van der Waals surface area contributed by atoms with Crippen LogP contribution in [0.15, 0.2) is 54.6 Å². The number of carbonyl (C=O) groups is 2. The van der Waals surface area contributed by atoms with E-state index >= 15 is 0 Å². The van der Waals surface area contributed by atoms with E-state index in [9.17, 15) is 24.2 Å². The van der Waals surface area contributed by atoms with E-state index in [1.165, 1.54) is 24.3 Å². The Balaban J connectivity index is 1.97. The normalized spacial score (nSPS) is 13.6. The monoisotopic (exact) mass is 513 g/mol. The maximum Gasteiger partial charge on any atom is 0.305 e. The number of carboxylic acid groups (broad SMARTS) is 1. The lowest BCUT2D eigenvalue weighted by Crippen LogP contribution is -2.38. The number of aliphatic carboxylic acids is 1. The molecule has 0 saturated carbocycles. The Kier molecular flexibility index (Phi) is 8.88. The Labute approximate surface area is 214 Å². The van der Waals surface area contributed by atoms with Gasteiger partial charge in [-0.25, -0.2) is 4.39 Å². The second-order valence-electron chi connectivity index (χ2n) is 9.13. The number of aliphatic hydroxyl groups is 1. The molecule has 0 fully saturated rings. The molecule has 0 aliphatic carbocycles. The Morgan fingerprint density at radius 3 is 2.46 bits per heavy atom. The summed E-state index contributed by atoms with van der Waals surface area (Å²) in [7, 11) is 0. The van der Waals surface area contributed by atoms with Crippen LogP contribution in [0, 0.1) is 11.7 Å². The summed E-state index contributed by atoms with van der Waals surface area (Å²) in [5, 5.41) is 27.0. The number of nitrogens with one attached hydrogen (secondary N) is 1. The van der Waals surface area contributed by atoms with Crippen LogP contribution in [0.1, 0.15) is 56.2 Å². The molecule has 0 saturated heterocycles. The van der Waals surface area contributed by atoms with E-state index in [0.29, 0.717) is 17.9 Å². The fourth-order valence-electron chi connectivity index (χ4n) is 3.46. The second-order valence-corrected chi connectivity index (χ2v) is 9.13. The fourth-order valence-corrected chi connectivity index (χ4v) is 3.46. The molecule has 0 radical (unpaired) electrons. The first-order valence-corrected chi connectivity index (χ1v) is 12.0. The second kappa shape index (κ2) is 11.9. The van der Waals surface area contributed by atoms with E-state index < -0.39 is 35.8 Å². The van der Waals surface area contributed by atoms with Gasteiger partial charge in [0.25, 0.3) is 5.91 Å². The zero-order valence-corrected chi connectivity index (χ0v) is 21.3. The summed E-state index contributed by atoms with van der Waals surface area (Å²) in [6.07, 6.45) is -0.398. The average Bonchev–Trinajstić information content (AvgIpc) is 3.27. The minimum atomic E-state index is -1.19. The first kappa shape index (κ1) is 27.7. The molecule has 3 N–H and O–H groups in total. The quantitative estimate of drug-likeness (QED) is 0.333. The molecule has 198 valence electrons. The van der Waals surface area contributed by atoms with Gasteiger partial charge in [-0.15, -0.1) is 0 Å². The van der Waals surface area contributed by atoms with Gasteiger partial charge in [0.2, 0.25) is 5.88 Å². The zero-order valence-electron chi connectivity index (χ0n) is 21.3. The lowest BCUT2D eigenvalue weighted by molar-refractivity contribution is -0.137. The lowest BCUT2D eigenvalue weighted by Gasteiger charge is -2.27. The summed E-state index contributed by atoms with van der Waals surface area (Å²) in [5.41, 5.74) is -0.767. The predicted octanol–water partition coefficient (Wildman–Crippen LogP) is 4.14. The lowest BCUT2D eigenvalue weighted by atomic mass is 9.94. The summed E-state index contributed by atoms with van der Waals surface area (Å²) >= 11 is 0. The van der Waals surface area contributed by atoms with Crippen LogP contribution in [0.5, 0.6) is 11.6 Å². The van der Waals surface area contributed by atoms with Gasteiger partial charge < -0.3 is 25.0 Å². The molecule has 0 aliphatic heterocycles. The summed E-state index contributed by atoms with van der Waals surface area (Å²) in [4.78, 5) is 24.8. The predicted molar refractivity (Wildman–Crippen MR) is 135 cm³/mol. The van der Waals surface area contributed by atoms with Gasteiger partial charge in [-0.3, -0.25) is 9.59 Å². The Morgan fingerprint density at radius 1 is 1.14 bits per heavy atom. The molecule has 2 aromatic carbocycles.